The molecule has 2 aromatic carbocycles. The van der Waals surface area contributed by atoms with Gasteiger partial charge in [0.2, 0.25) is 12.6 Å². The van der Waals surface area contributed by atoms with E-state index in [1.54, 1.807) is 0 Å². The van der Waals surface area contributed by atoms with E-state index in [0.29, 0.717) is 0 Å². The number of hydrogen-bond donors (Lipinski definition) is 10. The second-order valence-electron chi connectivity index (χ2n) is 10.2. The van der Waals surface area contributed by atoms with Crippen LogP contribution in [0.5, 0.6) is 23.0 Å². The SMILES string of the molecule is O=C(O)C1O[C@@H](Oc2ccc(-c3cc(=O)c4c(O)cc(O[C@@H]5O[C@@H](C(=O)O)[C@@H](O)C(O)C5O)cc4o3)cc2O)C(O)C(O)[C@@H]1O. The highest BCUT2D eigenvalue weighted by atomic mass is 16.7. The molecule has 5 rings (SSSR count). The third kappa shape index (κ3) is 5.95. The van der Waals surface area contributed by atoms with Gasteiger partial charge in [-0.05, 0) is 18.2 Å². The van der Waals surface area contributed by atoms with Crippen LogP contribution in [0.3, 0.4) is 0 Å². The Morgan fingerprint density at radius 3 is 1.76 bits per heavy atom. The standard InChI is InChI=1S/C27H26O18/c28-9-3-7(1-2-12(9)43-27-21(36)17(32)19(34)23(45-27)25(39)40)13-6-11(30)15-10(29)4-8(5-14(15)42-13)41-26-20(35)16(31)18(33)22(44-26)24(37)38/h1-6,16-23,26-29,31-36H,(H,37,38)(H,39,40)/t16?,17?,18-,19-,20?,21?,22+,23?,26+,27+/m0/s1. The average Bonchev–Trinajstić information content (AvgIpc) is 2.97. The third-order valence-electron chi connectivity index (χ3n) is 7.15. The predicted octanol–water partition coefficient (Wildman–Crippen LogP) is -2.59. The Labute approximate surface area is 249 Å². The van der Waals surface area contributed by atoms with Gasteiger partial charge in [-0.2, -0.15) is 0 Å². The molecule has 2 saturated heterocycles. The molecular weight excluding hydrogens is 612 g/mol. The first-order valence-corrected chi connectivity index (χ1v) is 13.0. The Bertz CT molecular complexity index is 1670. The van der Waals surface area contributed by atoms with Gasteiger partial charge in [0.25, 0.3) is 0 Å². The highest BCUT2D eigenvalue weighted by Gasteiger charge is 2.49. The maximum Gasteiger partial charge on any atom is 0.335 e. The molecule has 0 aliphatic carbocycles. The molecule has 0 amide bonds. The summed E-state index contributed by atoms with van der Waals surface area (Å²) in [6.07, 6.45) is -19.2. The van der Waals surface area contributed by atoms with Gasteiger partial charge in [0.15, 0.2) is 29.1 Å². The molecule has 2 fully saturated rings. The Balaban J connectivity index is 1.41. The van der Waals surface area contributed by atoms with Crippen molar-refractivity contribution in [3.05, 3.63) is 46.6 Å². The zero-order valence-corrected chi connectivity index (χ0v) is 22.5. The number of carbonyl (C=O) groups is 2. The summed E-state index contributed by atoms with van der Waals surface area (Å²) < 4.78 is 26.5. The minimum Gasteiger partial charge on any atom is -0.507 e. The van der Waals surface area contributed by atoms with Gasteiger partial charge in [0.05, 0.1) is 0 Å². The second-order valence-corrected chi connectivity index (χ2v) is 10.2. The Hall–Kier alpha value is -4.53. The highest BCUT2D eigenvalue weighted by Crippen LogP contribution is 2.37. The first kappa shape index (κ1) is 31.9. The molecule has 0 saturated carbocycles. The van der Waals surface area contributed by atoms with Crippen LogP contribution >= 0.6 is 0 Å². The van der Waals surface area contributed by atoms with Crippen molar-refractivity contribution < 1.29 is 84.0 Å². The van der Waals surface area contributed by atoms with E-state index in [-0.39, 0.29) is 33.8 Å². The van der Waals surface area contributed by atoms with E-state index in [0.717, 1.165) is 30.3 Å². The number of hydrogen-bond acceptors (Lipinski definition) is 16. The number of ether oxygens (including phenoxy) is 4. The van der Waals surface area contributed by atoms with E-state index in [4.69, 9.17) is 23.4 Å². The maximum atomic E-state index is 12.9. The lowest BCUT2D eigenvalue weighted by Crippen LogP contribution is -2.61. The lowest BCUT2D eigenvalue weighted by Gasteiger charge is -2.38. The molecule has 10 atom stereocenters. The smallest absolute Gasteiger partial charge is 0.335 e. The van der Waals surface area contributed by atoms with Crippen molar-refractivity contribution in [3.8, 4) is 34.3 Å². The largest absolute Gasteiger partial charge is 0.507 e. The van der Waals surface area contributed by atoms with Crippen LogP contribution in [-0.2, 0) is 19.1 Å². The summed E-state index contributed by atoms with van der Waals surface area (Å²) in [4.78, 5) is 35.6. The number of aromatic hydroxyl groups is 2. The second kappa shape index (κ2) is 12.1. The molecule has 5 unspecified atom stereocenters. The zero-order valence-electron chi connectivity index (χ0n) is 22.5. The number of fused-ring (bicyclic) bond motifs is 1. The molecule has 3 aromatic rings. The highest BCUT2D eigenvalue weighted by molar-refractivity contribution is 5.86. The van der Waals surface area contributed by atoms with Gasteiger partial charge in [-0.25, -0.2) is 9.59 Å². The topological polar surface area (TPSA) is 304 Å². The lowest BCUT2D eigenvalue weighted by molar-refractivity contribution is -0.271. The van der Waals surface area contributed by atoms with Gasteiger partial charge in [0, 0.05) is 23.8 Å². The molecule has 18 heteroatoms. The molecule has 2 aliphatic heterocycles. The molecule has 0 bridgehead atoms. The molecule has 2 aliphatic rings. The van der Waals surface area contributed by atoms with Crippen molar-refractivity contribution in [2.75, 3.05) is 0 Å². The van der Waals surface area contributed by atoms with Crippen LogP contribution in [0.4, 0.5) is 0 Å². The number of aliphatic hydroxyl groups is 6. The summed E-state index contributed by atoms with van der Waals surface area (Å²) in [6, 6.07) is 6.47. The monoisotopic (exact) mass is 638 g/mol. The number of aliphatic hydroxyl groups excluding tert-OH is 6. The normalized spacial score (nSPS) is 31.8. The van der Waals surface area contributed by atoms with Crippen molar-refractivity contribution in [1.82, 2.24) is 0 Å². The molecule has 1 aromatic heterocycles. The lowest BCUT2D eigenvalue weighted by atomic mass is 9.99. The molecule has 10 N–H and O–H groups in total. The fourth-order valence-corrected chi connectivity index (χ4v) is 4.78. The predicted molar refractivity (Wildman–Crippen MR) is 141 cm³/mol. The molecule has 242 valence electrons. The van der Waals surface area contributed by atoms with Crippen molar-refractivity contribution in [1.29, 1.82) is 0 Å². The molecule has 0 spiro atoms. The summed E-state index contributed by atoms with van der Waals surface area (Å²) in [5.41, 5.74) is -0.959. The molecule has 0 radical (unpaired) electrons. The van der Waals surface area contributed by atoms with E-state index < -0.39 is 90.3 Å². The maximum absolute atomic E-state index is 12.9. The number of rotatable bonds is 7. The van der Waals surface area contributed by atoms with Crippen molar-refractivity contribution in [3.63, 3.8) is 0 Å². The Kier molecular flexibility index (Phi) is 8.58. The number of phenolic OH excluding ortho intramolecular Hbond substituents is 2. The third-order valence-corrected chi connectivity index (χ3v) is 7.15. The van der Waals surface area contributed by atoms with Crippen molar-refractivity contribution in [2.45, 2.75) is 61.4 Å². The molecule has 3 heterocycles. The van der Waals surface area contributed by atoms with E-state index in [1.165, 1.54) is 6.07 Å². The van der Waals surface area contributed by atoms with Gasteiger partial charge >= 0.3 is 11.9 Å². The summed E-state index contributed by atoms with van der Waals surface area (Å²) >= 11 is 0. The van der Waals surface area contributed by atoms with Crippen LogP contribution in [0, 0.1) is 0 Å². The van der Waals surface area contributed by atoms with Gasteiger partial charge in [-0.15, -0.1) is 0 Å². The quantitative estimate of drug-likeness (QED) is 0.127. The number of carboxylic acids is 2. The number of benzene rings is 2. The van der Waals surface area contributed by atoms with E-state index in [9.17, 15) is 65.4 Å². The number of carboxylic acid groups (broad SMARTS) is 2. The summed E-state index contributed by atoms with van der Waals surface area (Å²) in [5.74, 6) is -5.38. The van der Waals surface area contributed by atoms with Crippen LogP contribution in [-0.4, -0.2) is 124 Å². The van der Waals surface area contributed by atoms with E-state index in [1.807, 2.05) is 0 Å². The van der Waals surface area contributed by atoms with Crippen LogP contribution in [0.15, 0.2) is 45.6 Å². The van der Waals surface area contributed by atoms with E-state index in [2.05, 4.69) is 0 Å². The van der Waals surface area contributed by atoms with Crippen molar-refractivity contribution >= 4 is 22.9 Å². The zero-order chi connectivity index (χ0) is 32.9. The van der Waals surface area contributed by atoms with Crippen LogP contribution < -0.4 is 14.9 Å². The van der Waals surface area contributed by atoms with Crippen molar-refractivity contribution in [2.24, 2.45) is 0 Å². The molecule has 45 heavy (non-hydrogen) atoms. The first-order chi connectivity index (χ1) is 21.2. The molecular formula is C27H26O18. The fraction of sp³-hybridized carbons (Fsp3) is 0.370. The van der Waals surface area contributed by atoms with Gasteiger partial charge in [0.1, 0.15) is 64.9 Å². The van der Waals surface area contributed by atoms with Gasteiger partial charge in [-0.1, -0.05) is 0 Å². The Morgan fingerprint density at radius 2 is 1.22 bits per heavy atom. The fourth-order valence-electron chi connectivity index (χ4n) is 4.78. The first-order valence-electron chi connectivity index (χ1n) is 13.0. The Morgan fingerprint density at radius 1 is 0.667 bits per heavy atom. The molecule has 18 nitrogen and oxygen atoms in total. The van der Waals surface area contributed by atoms with E-state index >= 15 is 0 Å². The average molecular weight is 638 g/mol. The van der Waals surface area contributed by atoms with Crippen LogP contribution in [0.25, 0.3) is 22.3 Å². The summed E-state index contributed by atoms with van der Waals surface area (Å²) in [7, 11) is 0. The van der Waals surface area contributed by atoms with Crippen LogP contribution in [0.1, 0.15) is 0 Å². The van der Waals surface area contributed by atoms with Gasteiger partial charge in [-0.3, -0.25) is 4.79 Å². The number of aliphatic carboxylic acids is 2. The summed E-state index contributed by atoms with van der Waals surface area (Å²) in [5, 5.41) is 99.2. The number of phenols is 2. The summed E-state index contributed by atoms with van der Waals surface area (Å²) in [6.45, 7) is 0. The van der Waals surface area contributed by atoms with Gasteiger partial charge < -0.3 is 74.4 Å². The minimum atomic E-state index is -1.97. The minimum absolute atomic E-state index is 0.0705. The van der Waals surface area contributed by atoms with Crippen LogP contribution in [0.2, 0.25) is 0 Å².